The number of para-hydroxylation sites is 1. The number of carbonyl (C=O) groups is 3. The van der Waals surface area contributed by atoms with Gasteiger partial charge in [-0.25, -0.2) is 9.69 Å². The lowest BCUT2D eigenvalue weighted by Gasteiger charge is -2.26. The molecule has 0 saturated carbocycles. The molecule has 2 aliphatic heterocycles. The van der Waals surface area contributed by atoms with E-state index in [2.05, 4.69) is 5.43 Å². The topological polar surface area (TPSA) is 79.0 Å². The molecule has 2 heterocycles. The molecule has 0 aromatic heterocycles. The second-order valence-corrected chi connectivity index (χ2v) is 7.07. The molecule has 148 valence electrons. The van der Waals surface area contributed by atoms with E-state index in [1.54, 1.807) is 31.2 Å². The number of nitrogens with one attached hydrogen (secondary N) is 1. The van der Waals surface area contributed by atoms with Crippen LogP contribution in [-0.4, -0.2) is 30.4 Å². The molecule has 1 fully saturated rings. The van der Waals surface area contributed by atoms with E-state index >= 15 is 0 Å². The zero-order valence-electron chi connectivity index (χ0n) is 15.8. The van der Waals surface area contributed by atoms with Crippen LogP contribution in [0.1, 0.15) is 12.5 Å². The lowest BCUT2D eigenvalue weighted by Crippen LogP contribution is -2.46. The normalized spacial score (nSPS) is 18.2. The molecule has 2 aromatic carbocycles. The molecule has 2 aromatic rings. The van der Waals surface area contributed by atoms with Crippen LogP contribution in [0.3, 0.4) is 0 Å². The highest BCUT2D eigenvalue weighted by molar-refractivity contribution is 6.39. The molecular formula is C21H18ClN3O4. The summed E-state index contributed by atoms with van der Waals surface area (Å²) >= 11 is 6.23. The Balaban J connectivity index is 1.83. The van der Waals surface area contributed by atoms with Crippen molar-refractivity contribution in [1.82, 2.24) is 5.43 Å². The van der Waals surface area contributed by atoms with Crippen LogP contribution < -0.4 is 15.3 Å². The fourth-order valence-electron chi connectivity index (χ4n) is 3.45. The van der Waals surface area contributed by atoms with Gasteiger partial charge in [-0.2, -0.15) is 0 Å². The number of fused-ring (bicyclic) bond motifs is 1. The Bertz CT molecular complexity index is 1050. The van der Waals surface area contributed by atoms with Crippen molar-refractivity contribution < 1.29 is 19.1 Å². The molecular weight excluding hydrogens is 394 g/mol. The molecule has 1 saturated heterocycles. The Kier molecular flexibility index (Phi) is 4.76. The van der Waals surface area contributed by atoms with Crippen molar-refractivity contribution in [1.29, 1.82) is 0 Å². The summed E-state index contributed by atoms with van der Waals surface area (Å²) in [6.45, 7) is 3.76. The van der Waals surface area contributed by atoms with Crippen molar-refractivity contribution in [2.45, 2.75) is 19.9 Å². The number of hydrazine groups is 1. The molecule has 7 nitrogen and oxygen atoms in total. The van der Waals surface area contributed by atoms with Gasteiger partial charge in [0.1, 0.15) is 0 Å². The highest BCUT2D eigenvalue weighted by atomic mass is 35.5. The van der Waals surface area contributed by atoms with E-state index in [1.807, 2.05) is 31.2 Å². The van der Waals surface area contributed by atoms with Crippen LogP contribution in [0.5, 0.6) is 0 Å². The van der Waals surface area contributed by atoms with E-state index in [-0.39, 0.29) is 28.6 Å². The smallest absolute Gasteiger partial charge is 0.356 e. The third kappa shape index (κ3) is 3.03. The lowest BCUT2D eigenvalue weighted by molar-refractivity contribution is -0.139. The number of benzene rings is 2. The molecule has 0 aliphatic carbocycles. The molecule has 0 radical (unpaired) electrons. The van der Waals surface area contributed by atoms with Crippen LogP contribution in [0.15, 0.2) is 59.8 Å². The minimum Gasteiger partial charge on any atom is -0.461 e. The summed E-state index contributed by atoms with van der Waals surface area (Å²) in [7, 11) is 0. The highest BCUT2D eigenvalue weighted by Gasteiger charge is 2.54. The maximum Gasteiger partial charge on any atom is 0.356 e. The van der Waals surface area contributed by atoms with E-state index < -0.39 is 23.8 Å². The Morgan fingerprint density at radius 3 is 2.48 bits per heavy atom. The quantitative estimate of drug-likeness (QED) is 0.615. The van der Waals surface area contributed by atoms with E-state index in [4.69, 9.17) is 16.3 Å². The number of aryl methyl sites for hydroxylation is 1. The predicted octanol–water partition coefficient (Wildman–Crippen LogP) is 2.73. The molecule has 0 spiro atoms. The zero-order valence-corrected chi connectivity index (χ0v) is 16.6. The number of esters is 1. The second kappa shape index (κ2) is 7.25. The minimum atomic E-state index is -0.999. The Hall–Kier alpha value is -3.32. The minimum absolute atomic E-state index is 0.0367. The van der Waals surface area contributed by atoms with Gasteiger partial charge in [0.05, 0.1) is 28.6 Å². The average Bonchev–Trinajstić information content (AvgIpc) is 3.21. The fraction of sp³-hybridized carbons (Fsp3) is 0.190. The van der Waals surface area contributed by atoms with Crippen molar-refractivity contribution >= 4 is 40.8 Å². The first kappa shape index (κ1) is 19.0. The number of imide groups is 1. The van der Waals surface area contributed by atoms with Crippen molar-refractivity contribution in [2.75, 3.05) is 16.5 Å². The number of amides is 2. The lowest BCUT2D eigenvalue weighted by atomic mass is 10.1. The molecule has 0 unspecified atom stereocenters. The van der Waals surface area contributed by atoms with Gasteiger partial charge in [-0.05, 0) is 38.1 Å². The van der Waals surface area contributed by atoms with Crippen LogP contribution in [-0.2, 0) is 19.1 Å². The number of hydrogen-bond acceptors (Lipinski definition) is 6. The number of hydrogen-bond donors (Lipinski definition) is 1. The van der Waals surface area contributed by atoms with E-state index in [1.165, 1.54) is 5.01 Å². The van der Waals surface area contributed by atoms with Crippen molar-refractivity contribution in [2.24, 2.45) is 0 Å². The number of nitrogens with zero attached hydrogens (tertiary/aromatic N) is 2. The van der Waals surface area contributed by atoms with Crippen LogP contribution in [0.4, 0.5) is 11.4 Å². The number of anilines is 2. The molecule has 2 aliphatic rings. The van der Waals surface area contributed by atoms with Crippen molar-refractivity contribution in [3.8, 4) is 0 Å². The summed E-state index contributed by atoms with van der Waals surface area (Å²) in [4.78, 5) is 40.0. The van der Waals surface area contributed by atoms with E-state index in [0.29, 0.717) is 5.69 Å². The Morgan fingerprint density at radius 1 is 1.14 bits per heavy atom. The molecule has 8 heteroatoms. The maximum absolute atomic E-state index is 13.3. The van der Waals surface area contributed by atoms with Crippen LogP contribution >= 0.6 is 11.6 Å². The Labute approximate surface area is 172 Å². The monoisotopic (exact) mass is 411 g/mol. The first-order valence-electron chi connectivity index (χ1n) is 9.10. The van der Waals surface area contributed by atoms with Gasteiger partial charge in [0, 0.05) is 0 Å². The van der Waals surface area contributed by atoms with Gasteiger partial charge in [-0.3, -0.25) is 20.0 Å². The van der Waals surface area contributed by atoms with Gasteiger partial charge in [-0.15, -0.1) is 0 Å². The van der Waals surface area contributed by atoms with Crippen molar-refractivity contribution in [3.05, 3.63) is 70.4 Å². The summed E-state index contributed by atoms with van der Waals surface area (Å²) in [5.74, 6) is -1.78. The van der Waals surface area contributed by atoms with Gasteiger partial charge in [0.15, 0.2) is 11.7 Å². The molecule has 29 heavy (non-hydrogen) atoms. The number of rotatable bonds is 4. The maximum atomic E-state index is 13.3. The van der Waals surface area contributed by atoms with Gasteiger partial charge in [0.2, 0.25) is 0 Å². The summed E-state index contributed by atoms with van der Waals surface area (Å²) in [5, 5.41) is 1.78. The fourth-order valence-corrected chi connectivity index (χ4v) is 3.67. The van der Waals surface area contributed by atoms with Crippen LogP contribution in [0.2, 0.25) is 5.02 Å². The third-order valence-electron chi connectivity index (χ3n) is 4.81. The zero-order chi connectivity index (χ0) is 20.7. The predicted molar refractivity (Wildman–Crippen MR) is 108 cm³/mol. The van der Waals surface area contributed by atoms with Gasteiger partial charge < -0.3 is 4.74 Å². The summed E-state index contributed by atoms with van der Waals surface area (Å²) < 4.78 is 5.09. The molecule has 1 atom stereocenters. The first-order valence-corrected chi connectivity index (χ1v) is 9.48. The number of halogens is 1. The largest absolute Gasteiger partial charge is 0.461 e. The van der Waals surface area contributed by atoms with Crippen LogP contribution in [0, 0.1) is 6.92 Å². The van der Waals surface area contributed by atoms with E-state index in [0.717, 1.165) is 10.5 Å². The summed E-state index contributed by atoms with van der Waals surface area (Å²) in [5.41, 5.74) is 4.87. The van der Waals surface area contributed by atoms with Gasteiger partial charge in [-0.1, -0.05) is 41.4 Å². The molecule has 2 amide bonds. The Morgan fingerprint density at radius 2 is 1.83 bits per heavy atom. The molecule has 4 rings (SSSR count). The molecule has 1 N–H and O–H groups in total. The third-order valence-corrected chi connectivity index (χ3v) is 5.13. The summed E-state index contributed by atoms with van der Waals surface area (Å²) in [6, 6.07) is 13.0. The average molecular weight is 412 g/mol. The SMILES string of the molecule is CCOC(=O)C1=C2C(=O)N(c3ccccc3Cl)C(=O)[C@@H]2N(c2ccc(C)cc2)N1. The van der Waals surface area contributed by atoms with Crippen molar-refractivity contribution in [3.63, 3.8) is 0 Å². The number of ether oxygens (including phenoxy) is 1. The first-order chi connectivity index (χ1) is 13.9. The standard InChI is InChI=1S/C21H18ClN3O4/c1-3-29-21(28)17-16-18(25(23-17)13-10-8-12(2)9-11-13)20(27)24(19(16)26)15-7-5-4-6-14(15)22/h4-11,18,23H,3H2,1-2H3/t18-/m1/s1. The highest BCUT2D eigenvalue weighted by Crippen LogP contribution is 2.38. The second-order valence-electron chi connectivity index (χ2n) is 6.66. The summed E-state index contributed by atoms with van der Waals surface area (Å²) in [6.07, 6.45) is 0. The van der Waals surface area contributed by atoms with Gasteiger partial charge >= 0.3 is 5.97 Å². The number of carbonyl (C=O) groups excluding carboxylic acids is 3. The van der Waals surface area contributed by atoms with Crippen LogP contribution in [0.25, 0.3) is 0 Å². The molecule has 0 bridgehead atoms. The van der Waals surface area contributed by atoms with E-state index in [9.17, 15) is 14.4 Å². The van der Waals surface area contributed by atoms with Gasteiger partial charge in [0.25, 0.3) is 11.8 Å².